The van der Waals surface area contributed by atoms with E-state index in [1.807, 2.05) is 0 Å². The molecule has 1 amide bonds. The average Bonchev–Trinajstić information content (AvgIpc) is 2.16. The normalized spacial score (nSPS) is 20.1. The van der Waals surface area contributed by atoms with Crippen molar-refractivity contribution in [2.24, 2.45) is 5.41 Å². The van der Waals surface area contributed by atoms with Gasteiger partial charge in [-0.25, -0.2) is 0 Å². The van der Waals surface area contributed by atoms with Crippen molar-refractivity contribution in [3.63, 3.8) is 0 Å². The summed E-state index contributed by atoms with van der Waals surface area (Å²) in [6.45, 7) is 5.86. The molecule has 0 spiro atoms. The van der Waals surface area contributed by atoms with E-state index < -0.39 is 17.0 Å². The minimum absolute atomic E-state index is 0.00444. The number of carboxylic acids is 1. The average molecular weight is 243 g/mol. The summed E-state index contributed by atoms with van der Waals surface area (Å²) in [7, 11) is 0. The van der Waals surface area contributed by atoms with Crippen LogP contribution in [-0.2, 0) is 9.59 Å². The van der Waals surface area contributed by atoms with Crippen LogP contribution in [0.4, 0.5) is 0 Å². The first-order valence-corrected chi connectivity index (χ1v) is 5.88. The third-order valence-corrected chi connectivity index (χ3v) is 3.37. The monoisotopic (exact) mass is 243 g/mol. The van der Waals surface area contributed by atoms with Crippen LogP contribution in [0.5, 0.6) is 0 Å². The summed E-state index contributed by atoms with van der Waals surface area (Å²) in [5.41, 5.74) is -1.73. The number of carbonyl (C=O) groups excluding carboxylic acids is 1. The number of hydrogen-bond donors (Lipinski definition) is 2. The summed E-state index contributed by atoms with van der Waals surface area (Å²) < 4.78 is 0. The van der Waals surface area contributed by atoms with Crippen LogP contribution in [0.15, 0.2) is 0 Å². The van der Waals surface area contributed by atoms with Gasteiger partial charge in [0.05, 0.1) is 11.0 Å². The Labute approximate surface area is 101 Å². The molecule has 1 aliphatic rings. The summed E-state index contributed by atoms with van der Waals surface area (Å²) in [6, 6.07) is 0. The molecular weight excluding hydrogens is 222 g/mol. The van der Waals surface area contributed by atoms with Gasteiger partial charge in [0, 0.05) is 19.5 Å². The maximum atomic E-state index is 11.9. The van der Waals surface area contributed by atoms with Crippen molar-refractivity contribution in [3.05, 3.63) is 0 Å². The molecule has 1 rings (SSSR count). The molecule has 0 aromatic carbocycles. The fourth-order valence-corrected chi connectivity index (χ4v) is 1.80. The van der Waals surface area contributed by atoms with Crippen molar-refractivity contribution in [2.75, 3.05) is 13.1 Å². The molecule has 98 valence electrons. The molecule has 17 heavy (non-hydrogen) atoms. The van der Waals surface area contributed by atoms with Crippen LogP contribution < -0.4 is 0 Å². The molecule has 0 radical (unpaired) electrons. The first-order valence-electron chi connectivity index (χ1n) is 5.88. The molecule has 1 fully saturated rings. The Morgan fingerprint density at radius 3 is 2.18 bits per heavy atom. The second-order valence-electron chi connectivity index (χ2n) is 5.74. The fraction of sp³-hybridized carbons (Fsp3) is 0.833. The molecule has 0 aliphatic carbocycles. The highest BCUT2D eigenvalue weighted by Crippen LogP contribution is 2.25. The lowest BCUT2D eigenvalue weighted by Gasteiger charge is -2.36. The van der Waals surface area contributed by atoms with Gasteiger partial charge in [-0.3, -0.25) is 9.59 Å². The molecule has 0 aromatic rings. The number of rotatable bonds is 3. The summed E-state index contributed by atoms with van der Waals surface area (Å²) in [5, 5.41) is 18.7. The molecule has 5 nitrogen and oxygen atoms in total. The second kappa shape index (κ2) is 4.64. The summed E-state index contributed by atoms with van der Waals surface area (Å²) in [5.74, 6) is -1.11. The maximum Gasteiger partial charge on any atom is 0.309 e. The first-order chi connectivity index (χ1) is 7.64. The van der Waals surface area contributed by atoms with Crippen molar-refractivity contribution in [1.29, 1.82) is 0 Å². The minimum Gasteiger partial charge on any atom is -0.481 e. The number of amides is 1. The highest BCUT2D eigenvalue weighted by atomic mass is 16.4. The standard InChI is InChI=1S/C12H21NO4/c1-11(2,10(15)16)8-9(14)13-6-4-12(3,17)5-7-13/h17H,4-8H2,1-3H3,(H,15,16). The number of aliphatic carboxylic acids is 1. The predicted molar refractivity (Wildman–Crippen MR) is 62.5 cm³/mol. The van der Waals surface area contributed by atoms with Crippen LogP contribution in [0.1, 0.15) is 40.0 Å². The number of aliphatic hydroxyl groups is 1. The van der Waals surface area contributed by atoms with Crippen LogP contribution >= 0.6 is 0 Å². The van der Waals surface area contributed by atoms with E-state index in [1.54, 1.807) is 25.7 Å². The largest absolute Gasteiger partial charge is 0.481 e. The van der Waals surface area contributed by atoms with Gasteiger partial charge in [0.25, 0.3) is 0 Å². The van der Waals surface area contributed by atoms with Crippen molar-refractivity contribution >= 4 is 11.9 Å². The molecule has 1 heterocycles. The van der Waals surface area contributed by atoms with Crippen molar-refractivity contribution < 1.29 is 19.8 Å². The van der Waals surface area contributed by atoms with Crippen molar-refractivity contribution in [2.45, 2.75) is 45.6 Å². The highest BCUT2D eigenvalue weighted by Gasteiger charge is 2.35. The Balaban J connectivity index is 2.53. The van der Waals surface area contributed by atoms with Gasteiger partial charge in [0.2, 0.25) is 5.91 Å². The molecule has 0 saturated carbocycles. The number of hydrogen-bond acceptors (Lipinski definition) is 3. The minimum atomic E-state index is -1.03. The molecule has 2 N–H and O–H groups in total. The SMILES string of the molecule is CC1(O)CCN(C(=O)CC(C)(C)C(=O)O)CC1. The third kappa shape index (κ3) is 3.70. The molecule has 1 aliphatic heterocycles. The Bertz CT molecular complexity index is 312. The van der Waals surface area contributed by atoms with Gasteiger partial charge in [-0.2, -0.15) is 0 Å². The predicted octanol–water partition coefficient (Wildman–Crippen LogP) is 0.861. The molecule has 0 aromatic heterocycles. The van der Waals surface area contributed by atoms with Gasteiger partial charge >= 0.3 is 5.97 Å². The van der Waals surface area contributed by atoms with Crippen molar-refractivity contribution in [1.82, 2.24) is 4.90 Å². The zero-order valence-electron chi connectivity index (χ0n) is 10.7. The van der Waals surface area contributed by atoms with Crippen LogP contribution in [0.2, 0.25) is 0 Å². The summed E-state index contributed by atoms with van der Waals surface area (Å²) >= 11 is 0. The zero-order chi connectivity index (χ0) is 13.3. The van der Waals surface area contributed by atoms with Crippen molar-refractivity contribution in [3.8, 4) is 0 Å². The lowest BCUT2D eigenvalue weighted by Crippen LogP contribution is -2.46. The van der Waals surface area contributed by atoms with E-state index >= 15 is 0 Å². The quantitative estimate of drug-likeness (QED) is 0.770. The molecular formula is C12H21NO4. The Hall–Kier alpha value is -1.10. The number of piperidine rings is 1. The lowest BCUT2D eigenvalue weighted by molar-refractivity contribution is -0.152. The second-order valence-corrected chi connectivity index (χ2v) is 5.74. The number of likely N-dealkylation sites (tertiary alicyclic amines) is 1. The van der Waals surface area contributed by atoms with E-state index in [0.29, 0.717) is 25.9 Å². The van der Waals surface area contributed by atoms with Crippen LogP contribution in [0.3, 0.4) is 0 Å². The summed E-state index contributed by atoms with van der Waals surface area (Å²) in [4.78, 5) is 24.5. The Morgan fingerprint density at radius 1 is 1.29 bits per heavy atom. The Morgan fingerprint density at radius 2 is 1.76 bits per heavy atom. The van der Waals surface area contributed by atoms with E-state index in [-0.39, 0.29) is 12.3 Å². The number of carboxylic acid groups (broad SMARTS) is 1. The molecule has 0 atom stereocenters. The van der Waals surface area contributed by atoms with E-state index in [1.165, 1.54) is 0 Å². The number of nitrogens with zero attached hydrogens (tertiary/aromatic N) is 1. The van der Waals surface area contributed by atoms with Gasteiger partial charge in [-0.15, -0.1) is 0 Å². The molecule has 5 heteroatoms. The lowest BCUT2D eigenvalue weighted by atomic mass is 9.88. The van der Waals surface area contributed by atoms with Crippen LogP contribution in [0.25, 0.3) is 0 Å². The maximum absolute atomic E-state index is 11.9. The van der Waals surface area contributed by atoms with E-state index in [4.69, 9.17) is 5.11 Å². The molecule has 0 unspecified atom stereocenters. The Kier molecular flexibility index (Phi) is 3.81. The van der Waals surface area contributed by atoms with Crippen LogP contribution in [-0.4, -0.2) is 45.7 Å². The van der Waals surface area contributed by atoms with Gasteiger partial charge in [-0.1, -0.05) is 0 Å². The molecule has 1 saturated heterocycles. The zero-order valence-corrected chi connectivity index (χ0v) is 10.7. The van der Waals surface area contributed by atoms with Gasteiger partial charge in [0.1, 0.15) is 0 Å². The van der Waals surface area contributed by atoms with Gasteiger partial charge in [0.15, 0.2) is 0 Å². The fourth-order valence-electron chi connectivity index (χ4n) is 1.80. The van der Waals surface area contributed by atoms with E-state index in [0.717, 1.165) is 0 Å². The van der Waals surface area contributed by atoms with E-state index in [2.05, 4.69) is 0 Å². The van der Waals surface area contributed by atoms with E-state index in [9.17, 15) is 14.7 Å². The molecule has 0 bridgehead atoms. The topological polar surface area (TPSA) is 77.8 Å². The highest BCUT2D eigenvalue weighted by molar-refractivity contribution is 5.84. The number of carbonyl (C=O) groups is 2. The van der Waals surface area contributed by atoms with Crippen LogP contribution in [0, 0.1) is 5.41 Å². The smallest absolute Gasteiger partial charge is 0.309 e. The van der Waals surface area contributed by atoms with Gasteiger partial charge < -0.3 is 15.1 Å². The summed E-state index contributed by atoms with van der Waals surface area (Å²) in [6.07, 6.45) is 1.10. The third-order valence-electron chi connectivity index (χ3n) is 3.37. The first kappa shape index (κ1) is 14.0. The van der Waals surface area contributed by atoms with Gasteiger partial charge in [-0.05, 0) is 33.6 Å².